The smallest absolute Gasteiger partial charge is 0.264 e. The first-order valence-corrected chi connectivity index (χ1v) is 11.0. The van der Waals surface area contributed by atoms with Crippen molar-refractivity contribution in [3.63, 3.8) is 0 Å². The lowest BCUT2D eigenvalue weighted by Gasteiger charge is -2.14. The van der Waals surface area contributed by atoms with Gasteiger partial charge < -0.3 is 18.9 Å². The minimum atomic E-state index is -3.39. The van der Waals surface area contributed by atoms with Crippen LogP contribution in [0, 0.1) is 5.92 Å². The lowest BCUT2D eigenvalue weighted by Crippen LogP contribution is -2.15. The highest BCUT2D eigenvalue weighted by Crippen LogP contribution is 2.12. The van der Waals surface area contributed by atoms with Crippen LogP contribution >= 0.6 is 0 Å². The van der Waals surface area contributed by atoms with E-state index < -0.39 is 10.1 Å². The maximum absolute atomic E-state index is 10.7. The van der Waals surface area contributed by atoms with Crippen LogP contribution in [0.2, 0.25) is 0 Å². The van der Waals surface area contributed by atoms with Gasteiger partial charge in [0.25, 0.3) is 10.1 Å². The third kappa shape index (κ3) is 19.9. The highest BCUT2D eigenvalue weighted by molar-refractivity contribution is 7.85. The molecule has 0 amide bonds. The van der Waals surface area contributed by atoms with E-state index in [1.807, 2.05) is 0 Å². The van der Waals surface area contributed by atoms with Crippen LogP contribution in [-0.4, -0.2) is 74.1 Å². The summed E-state index contributed by atoms with van der Waals surface area (Å²) < 4.78 is 47.5. The molecule has 152 valence electrons. The summed E-state index contributed by atoms with van der Waals surface area (Å²) in [6, 6.07) is 0. The normalized spacial score (nSPS) is 13.2. The van der Waals surface area contributed by atoms with Crippen molar-refractivity contribution >= 4 is 10.1 Å². The number of ether oxygens (including phenoxy) is 4. The van der Waals surface area contributed by atoms with Crippen molar-refractivity contribution in [1.82, 2.24) is 0 Å². The molecule has 1 atom stereocenters. The van der Waals surface area contributed by atoms with Gasteiger partial charge in [0.05, 0.1) is 59.1 Å². The molecule has 0 aromatic heterocycles. The zero-order valence-electron chi connectivity index (χ0n) is 16.0. The second kappa shape index (κ2) is 17.2. The van der Waals surface area contributed by atoms with Crippen LogP contribution in [0.25, 0.3) is 0 Å². The van der Waals surface area contributed by atoms with E-state index in [4.69, 9.17) is 18.9 Å². The van der Waals surface area contributed by atoms with E-state index in [2.05, 4.69) is 18.0 Å². The van der Waals surface area contributed by atoms with Gasteiger partial charge in [0.15, 0.2) is 0 Å². The van der Waals surface area contributed by atoms with Crippen LogP contribution < -0.4 is 0 Å². The molecule has 1 unspecified atom stereocenters. The SMILES string of the molecule is CCCCC(CC)COCCOCCOCCOCCOS(C)(=O)=O. The van der Waals surface area contributed by atoms with Crippen LogP contribution in [0.15, 0.2) is 0 Å². The highest BCUT2D eigenvalue weighted by Gasteiger charge is 2.05. The molecule has 8 heteroatoms. The van der Waals surface area contributed by atoms with Gasteiger partial charge in [-0.25, -0.2) is 0 Å². The highest BCUT2D eigenvalue weighted by atomic mass is 32.2. The summed E-state index contributed by atoms with van der Waals surface area (Å²) in [6.45, 7) is 8.53. The minimum Gasteiger partial charge on any atom is -0.379 e. The van der Waals surface area contributed by atoms with Gasteiger partial charge in [-0.1, -0.05) is 33.1 Å². The van der Waals surface area contributed by atoms with Crippen molar-refractivity contribution in [2.24, 2.45) is 5.92 Å². The van der Waals surface area contributed by atoms with E-state index in [9.17, 15) is 8.42 Å². The average molecular weight is 385 g/mol. The predicted molar refractivity (Wildman–Crippen MR) is 97.4 cm³/mol. The Bertz CT molecular complexity index is 373. The Morgan fingerprint density at radius 2 is 1.24 bits per heavy atom. The molecule has 0 saturated carbocycles. The molecule has 0 aliphatic rings. The predicted octanol–water partition coefficient (Wildman–Crippen LogP) is 2.25. The van der Waals surface area contributed by atoms with Gasteiger partial charge in [-0.3, -0.25) is 4.18 Å². The molecule has 0 N–H and O–H groups in total. The van der Waals surface area contributed by atoms with Crippen molar-refractivity contribution in [3.8, 4) is 0 Å². The van der Waals surface area contributed by atoms with Crippen molar-refractivity contribution in [3.05, 3.63) is 0 Å². The Kier molecular flexibility index (Phi) is 17.0. The molecule has 0 saturated heterocycles. The topological polar surface area (TPSA) is 80.3 Å². The van der Waals surface area contributed by atoms with Crippen LogP contribution in [-0.2, 0) is 33.2 Å². The van der Waals surface area contributed by atoms with Crippen molar-refractivity contribution in [2.75, 3.05) is 65.7 Å². The van der Waals surface area contributed by atoms with Gasteiger partial charge in [-0.15, -0.1) is 0 Å². The van der Waals surface area contributed by atoms with Crippen LogP contribution in [0.1, 0.15) is 39.5 Å². The van der Waals surface area contributed by atoms with Gasteiger partial charge in [-0.05, 0) is 12.3 Å². The summed E-state index contributed by atoms with van der Waals surface area (Å²) in [5.74, 6) is 0.658. The monoisotopic (exact) mass is 384 g/mol. The Balaban J connectivity index is 3.21. The lowest BCUT2D eigenvalue weighted by atomic mass is 10.0. The van der Waals surface area contributed by atoms with E-state index in [-0.39, 0.29) is 13.2 Å². The Hall–Kier alpha value is -0.250. The second-order valence-corrected chi connectivity index (χ2v) is 7.50. The molecule has 0 aromatic rings. The maximum Gasteiger partial charge on any atom is 0.264 e. The van der Waals surface area contributed by atoms with E-state index in [1.54, 1.807) is 0 Å². The zero-order valence-corrected chi connectivity index (χ0v) is 16.9. The quantitative estimate of drug-likeness (QED) is 0.250. The van der Waals surface area contributed by atoms with Gasteiger partial charge in [0.1, 0.15) is 0 Å². The number of hydrogen-bond donors (Lipinski definition) is 0. The number of unbranched alkanes of at least 4 members (excludes halogenated alkanes) is 1. The molecule has 0 spiro atoms. The molecule has 0 fully saturated rings. The fourth-order valence-corrected chi connectivity index (χ4v) is 2.42. The summed E-state index contributed by atoms with van der Waals surface area (Å²) >= 11 is 0. The molecule has 0 aliphatic heterocycles. The maximum atomic E-state index is 10.7. The lowest BCUT2D eigenvalue weighted by molar-refractivity contribution is -0.00855. The largest absolute Gasteiger partial charge is 0.379 e. The van der Waals surface area contributed by atoms with Gasteiger partial charge >= 0.3 is 0 Å². The van der Waals surface area contributed by atoms with Crippen molar-refractivity contribution < 1.29 is 31.5 Å². The Morgan fingerprint density at radius 1 is 0.760 bits per heavy atom. The molecule has 0 radical (unpaired) electrons. The van der Waals surface area contributed by atoms with Crippen molar-refractivity contribution in [2.45, 2.75) is 39.5 Å². The van der Waals surface area contributed by atoms with E-state index >= 15 is 0 Å². The second-order valence-electron chi connectivity index (χ2n) is 5.85. The fraction of sp³-hybridized carbons (Fsp3) is 1.00. The molecule has 0 aliphatic carbocycles. The summed E-state index contributed by atoms with van der Waals surface area (Å²) in [4.78, 5) is 0. The Morgan fingerprint density at radius 3 is 1.68 bits per heavy atom. The zero-order chi connectivity index (χ0) is 18.8. The summed E-state index contributed by atoms with van der Waals surface area (Å²) in [5.41, 5.74) is 0. The molecule has 0 bridgehead atoms. The standard InChI is InChI=1S/C17H36O7S/c1-4-6-7-17(5-2)16-23-13-12-21-9-8-20-10-11-22-14-15-24-25(3,18)19/h17H,4-16H2,1-3H3. The summed E-state index contributed by atoms with van der Waals surface area (Å²) in [7, 11) is -3.39. The molecule has 7 nitrogen and oxygen atoms in total. The van der Waals surface area contributed by atoms with Crippen molar-refractivity contribution in [1.29, 1.82) is 0 Å². The van der Waals surface area contributed by atoms with Gasteiger partial charge in [-0.2, -0.15) is 8.42 Å². The average Bonchev–Trinajstić information content (AvgIpc) is 2.56. The molecule has 0 heterocycles. The summed E-state index contributed by atoms with van der Waals surface area (Å²) in [5, 5.41) is 0. The van der Waals surface area contributed by atoms with E-state index in [0.29, 0.717) is 45.6 Å². The molecule has 0 rings (SSSR count). The first-order valence-electron chi connectivity index (χ1n) is 9.15. The molecular weight excluding hydrogens is 348 g/mol. The minimum absolute atomic E-state index is 0.0271. The van der Waals surface area contributed by atoms with Crippen LogP contribution in [0.5, 0.6) is 0 Å². The van der Waals surface area contributed by atoms with Crippen LogP contribution in [0.4, 0.5) is 0 Å². The van der Waals surface area contributed by atoms with Gasteiger partial charge in [0.2, 0.25) is 0 Å². The molecular formula is C17H36O7S. The first kappa shape index (κ1) is 24.8. The van der Waals surface area contributed by atoms with Crippen LogP contribution in [0.3, 0.4) is 0 Å². The first-order chi connectivity index (χ1) is 12.0. The molecule has 0 aromatic carbocycles. The van der Waals surface area contributed by atoms with E-state index in [1.165, 1.54) is 19.3 Å². The molecule has 25 heavy (non-hydrogen) atoms. The Labute approximate surface area is 153 Å². The third-order valence-electron chi connectivity index (χ3n) is 3.54. The fourth-order valence-electron chi connectivity index (χ4n) is 2.05. The van der Waals surface area contributed by atoms with E-state index in [0.717, 1.165) is 19.3 Å². The third-order valence-corrected chi connectivity index (χ3v) is 4.13. The summed E-state index contributed by atoms with van der Waals surface area (Å²) in [6.07, 6.45) is 5.92. The number of hydrogen-bond acceptors (Lipinski definition) is 7. The van der Waals surface area contributed by atoms with Gasteiger partial charge in [0, 0.05) is 6.61 Å². The number of rotatable bonds is 19.